The van der Waals surface area contributed by atoms with Crippen molar-refractivity contribution in [1.29, 1.82) is 0 Å². The number of benzene rings is 1. The first-order valence-electron chi connectivity index (χ1n) is 9.27. The Bertz CT molecular complexity index is 889. The van der Waals surface area contributed by atoms with E-state index in [1.54, 1.807) is 31.2 Å². The SMILES string of the molecule is CCOC(=O)c1c(NC(=O)COC(=O)Cc2ccccc2OC)sc(CC)c1C. The average molecular weight is 419 g/mol. The fourth-order valence-electron chi connectivity index (χ4n) is 2.80. The number of methoxy groups -OCH3 is 1. The van der Waals surface area contributed by atoms with Crippen LogP contribution in [0.2, 0.25) is 0 Å². The number of rotatable bonds is 9. The third-order valence-corrected chi connectivity index (χ3v) is 5.54. The van der Waals surface area contributed by atoms with E-state index in [0.717, 1.165) is 16.9 Å². The van der Waals surface area contributed by atoms with Crippen LogP contribution in [-0.4, -0.2) is 38.2 Å². The number of hydrogen-bond acceptors (Lipinski definition) is 7. The van der Waals surface area contributed by atoms with Gasteiger partial charge in [-0.05, 0) is 31.9 Å². The minimum atomic E-state index is -0.549. The molecule has 29 heavy (non-hydrogen) atoms. The molecule has 1 heterocycles. The highest BCUT2D eigenvalue weighted by Crippen LogP contribution is 2.34. The molecule has 1 aromatic carbocycles. The van der Waals surface area contributed by atoms with E-state index in [4.69, 9.17) is 14.2 Å². The molecule has 1 amide bonds. The summed E-state index contributed by atoms with van der Waals surface area (Å²) in [6.07, 6.45) is 0.718. The summed E-state index contributed by atoms with van der Waals surface area (Å²) in [4.78, 5) is 37.6. The first-order chi connectivity index (χ1) is 13.9. The molecule has 2 aromatic rings. The van der Waals surface area contributed by atoms with E-state index >= 15 is 0 Å². The molecule has 0 aliphatic rings. The molecule has 8 heteroatoms. The molecular weight excluding hydrogens is 394 g/mol. The van der Waals surface area contributed by atoms with Crippen molar-refractivity contribution in [3.05, 3.63) is 45.8 Å². The molecule has 0 aliphatic heterocycles. The highest BCUT2D eigenvalue weighted by Gasteiger charge is 2.23. The minimum absolute atomic E-state index is 0.0105. The molecule has 1 N–H and O–H groups in total. The van der Waals surface area contributed by atoms with Crippen LogP contribution in [0.1, 0.15) is 40.2 Å². The second-order valence-electron chi connectivity index (χ2n) is 6.13. The lowest BCUT2D eigenvalue weighted by Crippen LogP contribution is -2.22. The van der Waals surface area contributed by atoms with E-state index in [2.05, 4.69) is 5.32 Å². The number of amides is 1. The third kappa shape index (κ3) is 5.80. The summed E-state index contributed by atoms with van der Waals surface area (Å²) in [5.41, 5.74) is 1.81. The Morgan fingerprint density at radius 1 is 1.10 bits per heavy atom. The summed E-state index contributed by atoms with van der Waals surface area (Å²) in [7, 11) is 1.52. The van der Waals surface area contributed by atoms with E-state index < -0.39 is 24.5 Å². The van der Waals surface area contributed by atoms with E-state index in [9.17, 15) is 14.4 Å². The van der Waals surface area contributed by atoms with Gasteiger partial charge in [0.25, 0.3) is 5.91 Å². The summed E-state index contributed by atoms with van der Waals surface area (Å²) in [6, 6.07) is 7.10. The van der Waals surface area contributed by atoms with Gasteiger partial charge in [0.1, 0.15) is 10.8 Å². The fraction of sp³-hybridized carbons (Fsp3) is 0.381. The van der Waals surface area contributed by atoms with Crippen LogP contribution in [0.5, 0.6) is 5.75 Å². The van der Waals surface area contributed by atoms with Gasteiger partial charge in [0, 0.05) is 10.4 Å². The van der Waals surface area contributed by atoms with Gasteiger partial charge < -0.3 is 19.5 Å². The second kappa shape index (κ2) is 10.6. The van der Waals surface area contributed by atoms with E-state index in [0.29, 0.717) is 21.9 Å². The van der Waals surface area contributed by atoms with Crippen LogP contribution < -0.4 is 10.1 Å². The van der Waals surface area contributed by atoms with Crippen LogP contribution in [0, 0.1) is 6.92 Å². The van der Waals surface area contributed by atoms with Crippen molar-refractivity contribution < 1.29 is 28.6 Å². The summed E-state index contributed by atoms with van der Waals surface area (Å²) in [5.74, 6) is -0.974. The number of para-hydroxylation sites is 1. The first kappa shape index (κ1) is 22.4. The molecule has 156 valence electrons. The van der Waals surface area contributed by atoms with E-state index in [1.807, 2.05) is 13.8 Å². The minimum Gasteiger partial charge on any atom is -0.496 e. The number of esters is 2. The summed E-state index contributed by atoms with van der Waals surface area (Å²) in [6.45, 7) is 5.31. The van der Waals surface area contributed by atoms with Gasteiger partial charge in [-0.3, -0.25) is 9.59 Å². The monoisotopic (exact) mass is 419 g/mol. The van der Waals surface area contributed by atoms with Gasteiger partial charge in [-0.25, -0.2) is 4.79 Å². The second-order valence-corrected chi connectivity index (χ2v) is 7.23. The van der Waals surface area contributed by atoms with Crippen LogP contribution in [0.25, 0.3) is 0 Å². The maximum Gasteiger partial charge on any atom is 0.341 e. The Morgan fingerprint density at radius 3 is 2.48 bits per heavy atom. The zero-order chi connectivity index (χ0) is 21.4. The summed E-state index contributed by atoms with van der Waals surface area (Å²) < 4.78 is 15.4. The lowest BCUT2D eigenvalue weighted by atomic mass is 10.1. The summed E-state index contributed by atoms with van der Waals surface area (Å²) in [5, 5.41) is 3.07. The predicted molar refractivity (Wildman–Crippen MR) is 111 cm³/mol. The maximum atomic E-state index is 12.3. The largest absolute Gasteiger partial charge is 0.496 e. The van der Waals surface area contributed by atoms with Gasteiger partial charge in [-0.1, -0.05) is 25.1 Å². The number of nitrogens with one attached hydrogen (secondary N) is 1. The van der Waals surface area contributed by atoms with Crippen molar-refractivity contribution >= 4 is 34.2 Å². The molecule has 0 bridgehead atoms. The van der Waals surface area contributed by atoms with Gasteiger partial charge in [-0.15, -0.1) is 11.3 Å². The van der Waals surface area contributed by atoms with Crippen LogP contribution >= 0.6 is 11.3 Å². The Hall–Kier alpha value is -2.87. The molecule has 0 spiro atoms. The van der Waals surface area contributed by atoms with E-state index in [1.165, 1.54) is 18.4 Å². The molecule has 0 radical (unpaired) electrons. The van der Waals surface area contributed by atoms with Crippen molar-refractivity contribution in [3.63, 3.8) is 0 Å². The van der Waals surface area contributed by atoms with E-state index in [-0.39, 0.29) is 13.0 Å². The van der Waals surface area contributed by atoms with Gasteiger partial charge in [0.15, 0.2) is 6.61 Å². The van der Waals surface area contributed by atoms with Crippen LogP contribution in [0.3, 0.4) is 0 Å². The smallest absolute Gasteiger partial charge is 0.341 e. The van der Waals surface area contributed by atoms with Crippen LogP contribution in [0.15, 0.2) is 24.3 Å². The number of thiophene rings is 1. The number of aryl methyl sites for hydroxylation is 1. The van der Waals surface area contributed by atoms with Gasteiger partial charge in [-0.2, -0.15) is 0 Å². The lowest BCUT2D eigenvalue weighted by molar-refractivity contribution is -0.146. The van der Waals surface area contributed by atoms with Gasteiger partial charge in [0.05, 0.1) is 25.7 Å². The molecule has 2 rings (SSSR count). The predicted octanol–water partition coefficient (Wildman–Crippen LogP) is 3.53. The molecular formula is C21H25NO6S. The number of hydrogen-bond donors (Lipinski definition) is 1. The number of carbonyl (C=O) groups is 3. The van der Waals surface area contributed by atoms with Crippen molar-refractivity contribution in [2.45, 2.75) is 33.6 Å². The quantitative estimate of drug-likeness (QED) is 0.626. The molecule has 7 nitrogen and oxygen atoms in total. The van der Waals surface area contributed by atoms with Crippen LogP contribution in [0.4, 0.5) is 5.00 Å². The topological polar surface area (TPSA) is 90.9 Å². The molecule has 0 fully saturated rings. The fourth-order valence-corrected chi connectivity index (χ4v) is 3.95. The van der Waals surface area contributed by atoms with Crippen molar-refractivity contribution in [2.75, 3.05) is 25.6 Å². The average Bonchev–Trinajstić information content (AvgIpc) is 3.02. The maximum absolute atomic E-state index is 12.3. The standard InChI is InChI=1S/C21H25NO6S/c1-5-16-13(3)19(21(25)27-6-2)20(29-16)22-17(23)12-28-18(24)11-14-9-7-8-10-15(14)26-4/h7-10H,5-6,11-12H2,1-4H3,(H,22,23). The molecule has 0 saturated heterocycles. The molecule has 1 aromatic heterocycles. The van der Waals surface area contributed by atoms with Crippen molar-refractivity contribution in [1.82, 2.24) is 0 Å². The summed E-state index contributed by atoms with van der Waals surface area (Å²) >= 11 is 1.32. The number of anilines is 1. The Labute approximate surface area is 174 Å². The van der Waals surface area contributed by atoms with Gasteiger partial charge >= 0.3 is 11.9 Å². The van der Waals surface area contributed by atoms with Gasteiger partial charge in [0.2, 0.25) is 0 Å². The highest BCUT2D eigenvalue weighted by molar-refractivity contribution is 7.17. The zero-order valence-corrected chi connectivity index (χ0v) is 17.8. The molecule has 0 atom stereocenters. The lowest BCUT2D eigenvalue weighted by Gasteiger charge is -2.09. The number of ether oxygens (including phenoxy) is 3. The highest BCUT2D eigenvalue weighted by atomic mass is 32.1. The van der Waals surface area contributed by atoms with Crippen molar-refractivity contribution in [2.24, 2.45) is 0 Å². The third-order valence-electron chi connectivity index (χ3n) is 4.19. The Kier molecular flexibility index (Phi) is 8.21. The van der Waals surface area contributed by atoms with Crippen LogP contribution in [-0.2, 0) is 31.9 Å². The molecule has 0 aliphatic carbocycles. The Balaban J connectivity index is 2.00. The number of carbonyl (C=O) groups excluding carboxylic acids is 3. The Morgan fingerprint density at radius 2 is 1.83 bits per heavy atom. The normalized spacial score (nSPS) is 10.3. The van der Waals surface area contributed by atoms with Crippen molar-refractivity contribution in [3.8, 4) is 5.75 Å². The first-order valence-corrected chi connectivity index (χ1v) is 10.1. The molecule has 0 saturated carbocycles. The zero-order valence-electron chi connectivity index (χ0n) is 17.0. The molecule has 0 unspecified atom stereocenters.